The van der Waals surface area contributed by atoms with Gasteiger partial charge in [-0.15, -0.1) is 12.4 Å². The number of rotatable bonds is 7. The molecule has 1 aromatic carbocycles. The second-order valence-corrected chi connectivity index (χ2v) is 5.60. The number of H-pyrrole nitrogens is 1. The summed E-state index contributed by atoms with van der Waals surface area (Å²) in [6.45, 7) is 2.72. The minimum atomic E-state index is -0.232. The molecule has 0 radical (unpaired) electrons. The molecule has 1 aliphatic heterocycles. The second kappa shape index (κ2) is 9.41. The van der Waals surface area contributed by atoms with E-state index < -0.39 is 0 Å². The summed E-state index contributed by atoms with van der Waals surface area (Å²) in [6, 6.07) is 7.39. The summed E-state index contributed by atoms with van der Waals surface area (Å²) in [7, 11) is 1.66. The van der Waals surface area contributed by atoms with Gasteiger partial charge in [0, 0.05) is 50.9 Å². The van der Waals surface area contributed by atoms with E-state index in [9.17, 15) is 4.79 Å². The molecule has 3 N–H and O–H groups in total. The first kappa shape index (κ1) is 19.2. The lowest BCUT2D eigenvalue weighted by Crippen LogP contribution is -2.25. The van der Waals surface area contributed by atoms with Crippen LogP contribution in [-0.2, 0) is 17.7 Å². The molecule has 1 aromatic heterocycles. The zero-order valence-corrected chi connectivity index (χ0v) is 14.9. The van der Waals surface area contributed by atoms with Gasteiger partial charge in [-0.25, -0.2) is 0 Å². The highest BCUT2D eigenvalue weighted by molar-refractivity contribution is 6.04. The molecule has 1 aliphatic rings. The van der Waals surface area contributed by atoms with E-state index in [2.05, 4.69) is 20.8 Å². The van der Waals surface area contributed by atoms with Crippen LogP contribution in [0.5, 0.6) is 5.75 Å². The predicted octanol–water partition coefficient (Wildman–Crippen LogP) is 2.14. The van der Waals surface area contributed by atoms with E-state index in [0.717, 1.165) is 30.6 Å². The van der Waals surface area contributed by atoms with Crippen molar-refractivity contribution in [1.29, 1.82) is 0 Å². The van der Waals surface area contributed by atoms with Crippen molar-refractivity contribution >= 4 is 24.0 Å². The van der Waals surface area contributed by atoms with Gasteiger partial charge in [-0.1, -0.05) is 12.1 Å². The molecule has 25 heavy (non-hydrogen) atoms. The Labute approximate surface area is 152 Å². The first-order chi connectivity index (χ1) is 11.8. The summed E-state index contributed by atoms with van der Waals surface area (Å²) in [6.07, 6.45) is 1.64. The lowest BCUT2D eigenvalue weighted by Gasteiger charge is -2.14. The van der Waals surface area contributed by atoms with Crippen molar-refractivity contribution in [2.75, 3.05) is 32.2 Å². The van der Waals surface area contributed by atoms with Gasteiger partial charge in [0.05, 0.1) is 12.3 Å². The summed E-state index contributed by atoms with van der Waals surface area (Å²) >= 11 is 0. The van der Waals surface area contributed by atoms with Crippen molar-refractivity contribution in [2.24, 2.45) is 0 Å². The minimum Gasteiger partial charge on any atom is -0.491 e. The maximum Gasteiger partial charge on any atom is 0.276 e. The molecule has 0 fully saturated rings. The maximum absolute atomic E-state index is 12.6. The van der Waals surface area contributed by atoms with Crippen LogP contribution in [0, 0.1) is 0 Å². The van der Waals surface area contributed by atoms with Crippen LogP contribution in [0.25, 0.3) is 0 Å². The topological polar surface area (TPSA) is 88.3 Å². The zero-order chi connectivity index (χ0) is 16.8. The van der Waals surface area contributed by atoms with E-state index >= 15 is 0 Å². The molecule has 0 saturated heterocycles. The zero-order valence-electron chi connectivity index (χ0n) is 14.1. The van der Waals surface area contributed by atoms with Crippen molar-refractivity contribution in [3.63, 3.8) is 0 Å². The number of carbonyl (C=O) groups is 1. The number of hydrogen-bond donors (Lipinski definition) is 3. The van der Waals surface area contributed by atoms with Gasteiger partial charge in [-0.05, 0) is 12.1 Å². The first-order valence-electron chi connectivity index (χ1n) is 8.08. The normalized spacial score (nSPS) is 12.8. The fraction of sp³-hybridized carbons (Fsp3) is 0.412. The fourth-order valence-electron chi connectivity index (χ4n) is 2.68. The monoisotopic (exact) mass is 366 g/mol. The minimum absolute atomic E-state index is 0. The lowest BCUT2D eigenvalue weighted by atomic mass is 10.1. The molecule has 136 valence electrons. The van der Waals surface area contributed by atoms with E-state index in [1.54, 1.807) is 7.11 Å². The number of methoxy groups -OCH3 is 1. The Kier molecular flexibility index (Phi) is 7.24. The van der Waals surface area contributed by atoms with Crippen LogP contribution >= 0.6 is 12.4 Å². The van der Waals surface area contributed by atoms with E-state index in [-0.39, 0.29) is 18.3 Å². The van der Waals surface area contributed by atoms with Crippen molar-refractivity contribution in [1.82, 2.24) is 15.5 Å². The summed E-state index contributed by atoms with van der Waals surface area (Å²) in [5.74, 6) is 0.411. The standard InChI is InChI=1S/C17H22N4O3.ClH/c1-23-9-4-10-24-15-6-3-2-5-14(15)19-17(22)16-12-11-18-8-7-13(12)20-21-16;/h2-3,5-6,18H,4,7-11H2,1H3,(H,19,22)(H,20,21);1H. The molecule has 8 heteroatoms. The Balaban J connectivity index is 0.00000225. The summed E-state index contributed by atoms with van der Waals surface area (Å²) in [5, 5.41) is 13.3. The second-order valence-electron chi connectivity index (χ2n) is 5.60. The van der Waals surface area contributed by atoms with Gasteiger partial charge in [-0.3, -0.25) is 9.89 Å². The van der Waals surface area contributed by atoms with Gasteiger partial charge in [0.1, 0.15) is 5.75 Å². The smallest absolute Gasteiger partial charge is 0.276 e. The van der Waals surface area contributed by atoms with Crippen LogP contribution in [0.3, 0.4) is 0 Å². The molecule has 1 amide bonds. The van der Waals surface area contributed by atoms with Gasteiger partial charge < -0.3 is 20.1 Å². The summed E-state index contributed by atoms with van der Waals surface area (Å²) < 4.78 is 10.7. The van der Waals surface area contributed by atoms with E-state index in [1.807, 2.05) is 24.3 Å². The van der Waals surface area contributed by atoms with Crippen molar-refractivity contribution in [3.05, 3.63) is 41.2 Å². The van der Waals surface area contributed by atoms with Crippen LogP contribution < -0.4 is 15.4 Å². The number of para-hydroxylation sites is 2. The van der Waals surface area contributed by atoms with Crippen LogP contribution in [0.2, 0.25) is 0 Å². The third kappa shape index (κ3) is 4.72. The largest absolute Gasteiger partial charge is 0.491 e. The molecule has 0 unspecified atom stereocenters. The number of aromatic nitrogens is 2. The Bertz CT molecular complexity index is 705. The van der Waals surface area contributed by atoms with Gasteiger partial charge in [0.15, 0.2) is 5.69 Å². The number of benzene rings is 1. The van der Waals surface area contributed by atoms with Crippen LogP contribution in [0.1, 0.15) is 28.2 Å². The third-order valence-corrected chi connectivity index (χ3v) is 3.91. The Morgan fingerprint density at radius 2 is 2.16 bits per heavy atom. The average Bonchev–Trinajstić information content (AvgIpc) is 3.04. The van der Waals surface area contributed by atoms with Crippen molar-refractivity contribution in [3.8, 4) is 5.75 Å². The average molecular weight is 367 g/mol. The molecule has 0 atom stereocenters. The predicted molar refractivity (Wildman–Crippen MR) is 97.6 cm³/mol. The maximum atomic E-state index is 12.6. The lowest BCUT2D eigenvalue weighted by molar-refractivity contribution is 0.102. The van der Waals surface area contributed by atoms with Crippen LogP contribution in [-0.4, -0.2) is 43.0 Å². The number of aromatic amines is 1. The number of nitrogens with one attached hydrogen (secondary N) is 3. The molecular formula is C17H23ClN4O3. The number of ether oxygens (including phenoxy) is 2. The number of anilines is 1. The number of fused-ring (bicyclic) bond motifs is 1. The number of nitrogens with zero attached hydrogens (tertiary/aromatic N) is 1. The highest BCUT2D eigenvalue weighted by Gasteiger charge is 2.22. The number of hydrogen-bond acceptors (Lipinski definition) is 5. The Hall–Kier alpha value is -2.09. The van der Waals surface area contributed by atoms with Crippen LogP contribution in [0.15, 0.2) is 24.3 Å². The molecule has 2 heterocycles. The molecule has 0 saturated carbocycles. The van der Waals surface area contributed by atoms with Gasteiger partial charge in [-0.2, -0.15) is 5.10 Å². The molecular weight excluding hydrogens is 344 g/mol. The first-order valence-corrected chi connectivity index (χ1v) is 8.08. The molecule has 0 bridgehead atoms. The SMILES string of the molecule is COCCCOc1ccccc1NC(=O)c1n[nH]c2c1CNCC2.Cl. The highest BCUT2D eigenvalue weighted by atomic mass is 35.5. The third-order valence-electron chi connectivity index (χ3n) is 3.91. The summed E-state index contributed by atoms with van der Waals surface area (Å²) in [4.78, 5) is 12.6. The Morgan fingerprint density at radius 1 is 1.32 bits per heavy atom. The van der Waals surface area contributed by atoms with E-state index in [4.69, 9.17) is 9.47 Å². The molecule has 7 nitrogen and oxygen atoms in total. The summed E-state index contributed by atoms with van der Waals surface area (Å²) in [5.41, 5.74) is 3.05. The quantitative estimate of drug-likeness (QED) is 0.653. The van der Waals surface area contributed by atoms with Crippen LogP contribution in [0.4, 0.5) is 5.69 Å². The van der Waals surface area contributed by atoms with E-state index in [1.165, 1.54) is 0 Å². The Morgan fingerprint density at radius 3 is 3.00 bits per heavy atom. The number of carbonyl (C=O) groups excluding carboxylic acids is 1. The number of halogens is 1. The number of amides is 1. The molecule has 3 rings (SSSR count). The van der Waals surface area contributed by atoms with Gasteiger partial charge >= 0.3 is 0 Å². The molecule has 2 aromatic rings. The van der Waals surface area contributed by atoms with Gasteiger partial charge in [0.2, 0.25) is 0 Å². The highest BCUT2D eigenvalue weighted by Crippen LogP contribution is 2.25. The molecule has 0 spiro atoms. The fourth-order valence-corrected chi connectivity index (χ4v) is 2.68. The van der Waals surface area contributed by atoms with Gasteiger partial charge in [0.25, 0.3) is 5.91 Å². The molecule has 0 aliphatic carbocycles. The van der Waals surface area contributed by atoms with E-state index in [0.29, 0.717) is 36.9 Å². The van der Waals surface area contributed by atoms with Crippen molar-refractivity contribution < 1.29 is 14.3 Å². The van der Waals surface area contributed by atoms with Crippen molar-refractivity contribution in [2.45, 2.75) is 19.4 Å².